The molecule has 1 amide bonds. The fraction of sp³-hybridized carbons (Fsp3) is 0.421. The average Bonchev–Trinajstić information content (AvgIpc) is 2.62. The lowest BCUT2D eigenvalue weighted by Gasteiger charge is -2.16. The smallest absolute Gasteiger partial charge is 0.227 e. The highest BCUT2D eigenvalue weighted by atomic mass is 32.2. The minimum absolute atomic E-state index is 0.0696. The molecule has 6 nitrogen and oxygen atoms in total. The Kier molecular flexibility index (Phi) is 6.61. The molecule has 2 aromatic rings. The minimum Gasteiger partial charge on any atom is -0.497 e. The second-order valence-electron chi connectivity index (χ2n) is 6.42. The first-order chi connectivity index (χ1) is 12.2. The SMILES string of the molecule is COc1ccc2cc([C@H](C)C(=O)NCCCN(C)S(C)(=O)=O)ccc2c1. The van der Waals surface area contributed by atoms with Crippen LogP contribution in [0.15, 0.2) is 36.4 Å². The predicted octanol–water partition coefficient (Wildman–Crippen LogP) is 2.35. The van der Waals surface area contributed by atoms with Crippen LogP contribution in [0.3, 0.4) is 0 Å². The Morgan fingerprint density at radius 1 is 1.19 bits per heavy atom. The van der Waals surface area contributed by atoms with Gasteiger partial charge in [0.1, 0.15) is 5.75 Å². The van der Waals surface area contributed by atoms with Crippen molar-refractivity contribution in [3.05, 3.63) is 42.0 Å². The van der Waals surface area contributed by atoms with Gasteiger partial charge in [0.2, 0.25) is 15.9 Å². The summed E-state index contributed by atoms with van der Waals surface area (Å²) in [6.45, 7) is 2.68. The molecule has 0 aromatic heterocycles. The van der Waals surface area contributed by atoms with Gasteiger partial charge in [0.25, 0.3) is 0 Å². The summed E-state index contributed by atoms with van der Waals surface area (Å²) in [5, 5.41) is 4.99. The van der Waals surface area contributed by atoms with Crippen molar-refractivity contribution in [2.24, 2.45) is 0 Å². The molecule has 0 saturated heterocycles. The minimum atomic E-state index is -3.18. The molecule has 7 heteroatoms. The Hall–Kier alpha value is -2.12. The molecule has 0 fully saturated rings. The molecule has 0 radical (unpaired) electrons. The molecule has 1 N–H and O–H groups in total. The third-order valence-electron chi connectivity index (χ3n) is 4.48. The summed E-state index contributed by atoms with van der Waals surface area (Å²) < 4.78 is 29.2. The van der Waals surface area contributed by atoms with Gasteiger partial charge in [0, 0.05) is 20.1 Å². The van der Waals surface area contributed by atoms with E-state index in [1.807, 2.05) is 43.3 Å². The molecular formula is C19H26N2O4S. The van der Waals surface area contributed by atoms with Gasteiger partial charge in [-0.3, -0.25) is 4.79 Å². The number of rotatable bonds is 8. The zero-order chi connectivity index (χ0) is 19.3. The zero-order valence-corrected chi connectivity index (χ0v) is 16.5. The number of sulfonamides is 1. The Bertz CT molecular complexity index is 880. The van der Waals surface area contributed by atoms with E-state index in [-0.39, 0.29) is 11.8 Å². The van der Waals surface area contributed by atoms with Crippen molar-refractivity contribution in [2.45, 2.75) is 19.3 Å². The average molecular weight is 378 g/mol. The number of amides is 1. The van der Waals surface area contributed by atoms with E-state index in [1.54, 1.807) is 7.11 Å². The normalized spacial score (nSPS) is 13.0. The van der Waals surface area contributed by atoms with E-state index < -0.39 is 10.0 Å². The second kappa shape index (κ2) is 8.51. The van der Waals surface area contributed by atoms with E-state index in [0.717, 1.165) is 22.1 Å². The van der Waals surface area contributed by atoms with Crippen LogP contribution in [0.5, 0.6) is 5.75 Å². The van der Waals surface area contributed by atoms with Gasteiger partial charge < -0.3 is 10.1 Å². The maximum atomic E-state index is 12.4. The van der Waals surface area contributed by atoms with Gasteiger partial charge in [-0.2, -0.15) is 0 Å². The topological polar surface area (TPSA) is 75.7 Å². The van der Waals surface area contributed by atoms with Gasteiger partial charge in [0.15, 0.2) is 0 Å². The van der Waals surface area contributed by atoms with Crippen LogP contribution in [-0.4, -0.2) is 52.1 Å². The number of nitrogens with zero attached hydrogens (tertiary/aromatic N) is 1. The maximum Gasteiger partial charge on any atom is 0.227 e. The van der Waals surface area contributed by atoms with Crippen molar-refractivity contribution in [3.8, 4) is 5.75 Å². The van der Waals surface area contributed by atoms with E-state index in [9.17, 15) is 13.2 Å². The lowest BCUT2D eigenvalue weighted by Crippen LogP contribution is -2.32. The molecule has 0 aliphatic rings. The summed E-state index contributed by atoms with van der Waals surface area (Å²) in [6, 6.07) is 11.8. The standard InChI is InChI=1S/C19H26N2O4S/c1-14(19(22)20-10-5-11-21(2)26(4,23)24)15-6-7-17-13-18(25-3)9-8-16(17)12-15/h6-9,12-14H,5,10-11H2,1-4H3,(H,20,22)/t14-/m0/s1. The summed E-state index contributed by atoms with van der Waals surface area (Å²) >= 11 is 0. The molecule has 0 spiro atoms. The van der Waals surface area contributed by atoms with Crippen molar-refractivity contribution >= 4 is 26.7 Å². The van der Waals surface area contributed by atoms with Crippen LogP contribution in [0.4, 0.5) is 0 Å². The van der Waals surface area contributed by atoms with E-state index in [0.29, 0.717) is 19.5 Å². The summed E-state index contributed by atoms with van der Waals surface area (Å²) in [5.74, 6) is 0.448. The van der Waals surface area contributed by atoms with Gasteiger partial charge in [-0.1, -0.05) is 24.3 Å². The van der Waals surface area contributed by atoms with Crippen LogP contribution in [0.1, 0.15) is 24.8 Å². The van der Waals surface area contributed by atoms with Crippen LogP contribution in [0.25, 0.3) is 10.8 Å². The summed E-state index contributed by atoms with van der Waals surface area (Å²) in [5.41, 5.74) is 0.938. The zero-order valence-electron chi connectivity index (χ0n) is 15.7. The first-order valence-corrected chi connectivity index (χ1v) is 10.3. The van der Waals surface area contributed by atoms with Gasteiger partial charge in [-0.05, 0) is 41.8 Å². The van der Waals surface area contributed by atoms with Crippen molar-refractivity contribution in [1.29, 1.82) is 0 Å². The van der Waals surface area contributed by atoms with Crippen LogP contribution >= 0.6 is 0 Å². The number of carbonyl (C=O) groups is 1. The number of hydrogen-bond acceptors (Lipinski definition) is 4. The van der Waals surface area contributed by atoms with Gasteiger partial charge in [-0.25, -0.2) is 12.7 Å². The summed E-state index contributed by atoms with van der Waals surface area (Å²) in [7, 11) is -0.0109. The van der Waals surface area contributed by atoms with Crippen LogP contribution in [-0.2, 0) is 14.8 Å². The molecule has 0 aliphatic heterocycles. The molecule has 0 unspecified atom stereocenters. The first-order valence-electron chi connectivity index (χ1n) is 8.49. The van der Waals surface area contributed by atoms with Crippen molar-refractivity contribution in [1.82, 2.24) is 9.62 Å². The fourth-order valence-electron chi connectivity index (χ4n) is 2.62. The summed E-state index contributed by atoms with van der Waals surface area (Å²) in [6.07, 6.45) is 1.74. The third kappa shape index (κ3) is 5.19. The Balaban J connectivity index is 1.94. The molecule has 0 aliphatic carbocycles. The Morgan fingerprint density at radius 3 is 2.50 bits per heavy atom. The first kappa shape index (κ1) is 20.2. The monoisotopic (exact) mass is 378 g/mol. The van der Waals surface area contributed by atoms with Crippen LogP contribution in [0.2, 0.25) is 0 Å². The number of hydrogen-bond donors (Lipinski definition) is 1. The predicted molar refractivity (Wildman–Crippen MR) is 104 cm³/mol. The quantitative estimate of drug-likeness (QED) is 0.716. The molecule has 0 heterocycles. The lowest BCUT2D eigenvalue weighted by molar-refractivity contribution is -0.122. The lowest BCUT2D eigenvalue weighted by atomic mass is 9.97. The molecule has 0 bridgehead atoms. The van der Waals surface area contributed by atoms with Crippen molar-refractivity contribution in [2.75, 3.05) is 33.5 Å². The van der Waals surface area contributed by atoms with E-state index in [4.69, 9.17) is 4.74 Å². The van der Waals surface area contributed by atoms with Gasteiger partial charge in [0.05, 0.1) is 19.3 Å². The largest absolute Gasteiger partial charge is 0.497 e. The molecular weight excluding hydrogens is 352 g/mol. The molecule has 26 heavy (non-hydrogen) atoms. The summed E-state index contributed by atoms with van der Waals surface area (Å²) in [4.78, 5) is 12.4. The number of fused-ring (bicyclic) bond motifs is 1. The van der Waals surface area contributed by atoms with Crippen LogP contribution in [0, 0.1) is 0 Å². The Labute approximate surface area is 155 Å². The van der Waals surface area contributed by atoms with Crippen LogP contribution < -0.4 is 10.1 Å². The molecule has 1 atom stereocenters. The second-order valence-corrected chi connectivity index (χ2v) is 8.51. The number of methoxy groups -OCH3 is 1. The highest BCUT2D eigenvalue weighted by Crippen LogP contribution is 2.25. The fourth-order valence-corrected chi connectivity index (χ4v) is 3.08. The third-order valence-corrected chi connectivity index (χ3v) is 5.79. The highest BCUT2D eigenvalue weighted by molar-refractivity contribution is 7.88. The number of nitrogens with one attached hydrogen (secondary N) is 1. The van der Waals surface area contributed by atoms with E-state index in [2.05, 4.69) is 5.32 Å². The number of ether oxygens (including phenoxy) is 1. The molecule has 142 valence electrons. The molecule has 2 rings (SSSR count). The van der Waals surface area contributed by atoms with Crippen molar-refractivity contribution in [3.63, 3.8) is 0 Å². The number of carbonyl (C=O) groups excluding carboxylic acids is 1. The van der Waals surface area contributed by atoms with E-state index >= 15 is 0 Å². The van der Waals surface area contributed by atoms with E-state index in [1.165, 1.54) is 17.6 Å². The van der Waals surface area contributed by atoms with Crippen molar-refractivity contribution < 1.29 is 17.9 Å². The maximum absolute atomic E-state index is 12.4. The highest BCUT2D eigenvalue weighted by Gasteiger charge is 2.16. The molecule has 2 aromatic carbocycles. The number of benzene rings is 2. The van der Waals surface area contributed by atoms with Gasteiger partial charge in [-0.15, -0.1) is 0 Å². The van der Waals surface area contributed by atoms with Gasteiger partial charge >= 0.3 is 0 Å². The Morgan fingerprint density at radius 2 is 1.85 bits per heavy atom. The molecule has 0 saturated carbocycles.